The number of hydrogen-bond donors (Lipinski definition) is 2. The Hall–Kier alpha value is -1.52. The number of rotatable bonds is 6. The quantitative estimate of drug-likeness (QED) is 0.696. The van der Waals surface area contributed by atoms with Gasteiger partial charge < -0.3 is 15.1 Å². The van der Waals surface area contributed by atoms with E-state index >= 15 is 0 Å². The van der Waals surface area contributed by atoms with E-state index in [9.17, 15) is 13.2 Å². The first-order valence-corrected chi connectivity index (χ1v) is 11.9. The number of nitrogens with two attached hydrogens (primary N) is 1. The van der Waals surface area contributed by atoms with Gasteiger partial charge in [0.05, 0.1) is 10.9 Å². The summed E-state index contributed by atoms with van der Waals surface area (Å²) < 4.78 is 22.7. The normalized spacial score (nSPS) is 23.6. The number of piperidine rings is 1. The third-order valence-electron chi connectivity index (χ3n) is 6.04. The van der Waals surface area contributed by atoms with E-state index in [0.29, 0.717) is 11.6 Å². The van der Waals surface area contributed by atoms with Gasteiger partial charge in [0, 0.05) is 45.0 Å². The van der Waals surface area contributed by atoms with Crippen LogP contribution in [0.25, 0.3) is 0 Å². The Balaban J connectivity index is 1.52. The van der Waals surface area contributed by atoms with Crippen molar-refractivity contribution in [2.45, 2.75) is 30.7 Å². The Kier molecular flexibility index (Phi) is 7.28. The molecular weight excluding hydrogens is 390 g/mol. The molecule has 2 heterocycles. The number of likely N-dealkylation sites (tertiary alicyclic amines) is 1. The van der Waals surface area contributed by atoms with E-state index in [1.165, 1.54) is 18.6 Å². The van der Waals surface area contributed by atoms with Gasteiger partial charge in [-0.25, -0.2) is 13.6 Å². The van der Waals surface area contributed by atoms with Crippen LogP contribution in [0.2, 0.25) is 0 Å². The molecular formula is C20H33N5O3S. The van der Waals surface area contributed by atoms with Gasteiger partial charge >= 0.3 is 0 Å². The lowest BCUT2D eigenvalue weighted by Crippen LogP contribution is -2.51. The van der Waals surface area contributed by atoms with Crippen LogP contribution in [0.1, 0.15) is 19.8 Å². The third kappa shape index (κ3) is 6.23. The summed E-state index contributed by atoms with van der Waals surface area (Å²) in [6, 6.07) is 5.71. The van der Waals surface area contributed by atoms with Crippen molar-refractivity contribution >= 4 is 21.6 Å². The fraction of sp³-hybridized carbons (Fsp3) is 0.650. The fourth-order valence-electron chi connectivity index (χ4n) is 4.13. The number of amides is 1. The minimum Gasteiger partial charge on any atom is -0.325 e. The van der Waals surface area contributed by atoms with Gasteiger partial charge in [-0.3, -0.25) is 9.69 Å². The smallest absolute Gasteiger partial charge is 0.241 e. The van der Waals surface area contributed by atoms with Crippen molar-refractivity contribution in [3.8, 4) is 0 Å². The van der Waals surface area contributed by atoms with Gasteiger partial charge in [0.2, 0.25) is 15.9 Å². The van der Waals surface area contributed by atoms with E-state index in [-0.39, 0.29) is 16.8 Å². The third-order valence-corrected chi connectivity index (χ3v) is 6.97. The van der Waals surface area contributed by atoms with Gasteiger partial charge in [0.15, 0.2) is 0 Å². The lowest BCUT2D eigenvalue weighted by Gasteiger charge is -2.40. The van der Waals surface area contributed by atoms with Crippen molar-refractivity contribution in [1.82, 2.24) is 14.7 Å². The van der Waals surface area contributed by atoms with Crippen LogP contribution >= 0.6 is 0 Å². The number of nitrogens with zero attached hydrogens (tertiary/aromatic N) is 3. The molecule has 162 valence electrons. The summed E-state index contributed by atoms with van der Waals surface area (Å²) in [6.07, 6.45) is 2.32. The number of hydrogen-bond acceptors (Lipinski definition) is 6. The number of carbonyl (C=O) groups is 1. The average Bonchev–Trinajstić information content (AvgIpc) is 2.69. The molecule has 0 aliphatic carbocycles. The maximum Gasteiger partial charge on any atom is 0.241 e. The number of likely N-dealkylation sites (N-methyl/N-ethyl adjacent to an activating group) is 1. The highest BCUT2D eigenvalue weighted by atomic mass is 32.2. The molecule has 0 unspecified atom stereocenters. The number of anilines is 1. The Morgan fingerprint density at radius 2 is 1.83 bits per heavy atom. The van der Waals surface area contributed by atoms with Crippen molar-refractivity contribution in [3.63, 3.8) is 0 Å². The van der Waals surface area contributed by atoms with E-state index in [2.05, 4.69) is 27.1 Å². The standard InChI is InChI=1S/C20H33N5O3S/c1-16(20(26)22-18-5-7-19(8-6-18)29(21,27)28)25-9-3-4-17(15-25)14-24-12-10-23(2)11-13-24/h5-8,16-17H,3-4,9-15H2,1-2H3,(H,22,26)(H2,21,27,28)/t16-,17+/m1/s1. The largest absolute Gasteiger partial charge is 0.325 e. The Morgan fingerprint density at radius 3 is 2.45 bits per heavy atom. The summed E-state index contributed by atoms with van der Waals surface area (Å²) in [5.74, 6) is 0.519. The average molecular weight is 424 g/mol. The minimum absolute atomic E-state index is 0.0336. The van der Waals surface area contributed by atoms with Crippen molar-refractivity contribution < 1.29 is 13.2 Å². The summed E-state index contributed by atoms with van der Waals surface area (Å²) in [5, 5.41) is 8.00. The number of piperazine rings is 1. The van der Waals surface area contributed by atoms with Crippen LogP contribution < -0.4 is 10.5 Å². The number of carbonyl (C=O) groups excluding carboxylic acids is 1. The van der Waals surface area contributed by atoms with E-state index in [4.69, 9.17) is 5.14 Å². The zero-order chi connectivity index (χ0) is 21.0. The number of benzene rings is 1. The molecule has 1 aromatic rings. The minimum atomic E-state index is -3.73. The summed E-state index contributed by atoms with van der Waals surface area (Å²) in [5.41, 5.74) is 0.570. The number of nitrogens with one attached hydrogen (secondary N) is 1. The zero-order valence-corrected chi connectivity index (χ0v) is 18.2. The molecule has 0 aromatic heterocycles. The molecule has 2 saturated heterocycles. The second kappa shape index (κ2) is 9.53. The van der Waals surface area contributed by atoms with Crippen molar-refractivity contribution in [3.05, 3.63) is 24.3 Å². The van der Waals surface area contributed by atoms with Gasteiger partial charge in [0.1, 0.15) is 0 Å². The van der Waals surface area contributed by atoms with Gasteiger partial charge in [-0.2, -0.15) is 0 Å². The molecule has 0 saturated carbocycles. The van der Waals surface area contributed by atoms with Gasteiger partial charge in [-0.1, -0.05) is 0 Å². The second-order valence-corrected chi connectivity index (χ2v) is 9.90. The molecule has 9 heteroatoms. The molecule has 1 aromatic carbocycles. The maximum absolute atomic E-state index is 12.7. The van der Waals surface area contributed by atoms with Crippen molar-refractivity contribution in [2.24, 2.45) is 11.1 Å². The van der Waals surface area contributed by atoms with Crippen LogP contribution in [-0.4, -0.2) is 87.9 Å². The summed E-state index contributed by atoms with van der Waals surface area (Å²) >= 11 is 0. The van der Waals surface area contributed by atoms with E-state index in [1.807, 2.05) is 6.92 Å². The first kappa shape index (κ1) is 22.2. The number of sulfonamides is 1. The molecule has 29 heavy (non-hydrogen) atoms. The van der Waals surface area contributed by atoms with Crippen LogP contribution in [0.5, 0.6) is 0 Å². The summed E-state index contributed by atoms with van der Waals surface area (Å²) in [7, 11) is -1.56. The molecule has 2 aliphatic rings. The topological polar surface area (TPSA) is 99.0 Å². The Bertz CT molecular complexity index is 791. The molecule has 3 N–H and O–H groups in total. The number of primary sulfonamides is 1. The van der Waals surface area contributed by atoms with Crippen molar-refractivity contribution in [2.75, 3.05) is 58.2 Å². The molecule has 2 aliphatic heterocycles. The monoisotopic (exact) mass is 423 g/mol. The highest BCUT2D eigenvalue weighted by Gasteiger charge is 2.29. The van der Waals surface area contributed by atoms with Gasteiger partial charge in [-0.15, -0.1) is 0 Å². The first-order chi connectivity index (χ1) is 13.7. The summed E-state index contributed by atoms with van der Waals surface area (Å²) in [4.78, 5) is 19.9. The predicted octanol–water partition coefficient (Wildman–Crippen LogP) is 0.620. The Labute approximate surface area is 174 Å². The summed E-state index contributed by atoms with van der Waals surface area (Å²) in [6.45, 7) is 9.40. The van der Waals surface area contributed by atoms with E-state index in [0.717, 1.165) is 52.2 Å². The predicted molar refractivity (Wildman–Crippen MR) is 114 cm³/mol. The zero-order valence-electron chi connectivity index (χ0n) is 17.4. The molecule has 1 amide bonds. The molecule has 0 bridgehead atoms. The molecule has 8 nitrogen and oxygen atoms in total. The molecule has 2 atom stereocenters. The SMILES string of the molecule is C[C@H](C(=O)Nc1ccc(S(N)(=O)=O)cc1)N1CCC[C@@H](CN2CCN(C)CC2)C1. The maximum atomic E-state index is 12.7. The molecule has 0 spiro atoms. The fourth-order valence-corrected chi connectivity index (χ4v) is 4.65. The lowest BCUT2D eigenvalue weighted by atomic mass is 9.95. The highest BCUT2D eigenvalue weighted by molar-refractivity contribution is 7.89. The second-order valence-electron chi connectivity index (χ2n) is 8.34. The first-order valence-electron chi connectivity index (χ1n) is 10.3. The highest BCUT2D eigenvalue weighted by Crippen LogP contribution is 2.21. The van der Waals surface area contributed by atoms with Crippen LogP contribution in [-0.2, 0) is 14.8 Å². The van der Waals surface area contributed by atoms with E-state index in [1.54, 1.807) is 12.1 Å². The van der Waals surface area contributed by atoms with E-state index < -0.39 is 10.0 Å². The van der Waals surface area contributed by atoms with Crippen LogP contribution in [0, 0.1) is 5.92 Å². The van der Waals surface area contributed by atoms with Gasteiger partial charge in [0.25, 0.3) is 0 Å². The van der Waals surface area contributed by atoms with Crippen LogP contribution in [0.4, 0.5) is 5.69 Å². The lowest BCUT2D eigenvalue weighted by molar-refractivity contribution is -0.121. The van der Waals surface area contributed by atoms with Gasteiger partial charge in [-0.05, 0) is 63.5 Å². The van der Waals surface area contributed by atoms with Crippen LogP contribution in [0.3, 0.4) is 0 Å². The van der Waals surface area contributed by atoms with Crippen molar-refractivity contribution in [1.29, 1.82) is 0 Å². The molecule has 2 fully saturated rings. The Morgan fingerprint density at radius 1 is 1.17 bits per heavy atom. The molecule has 0 radical (unpaired) electrons. The molecule has 3 rings (SSSR count). The van der Waals surface area contributed by atoms with Crippen LogP contribution in [0.15, 0.2) is 29.2 Å².